The molecule has 0 aromatic carbocycles. The van der Waals surface area contributed by atoms with E-state index in [1.807, 2.05) is 0 Å². The Morgan fingerprint density at radius 2 is 2.35 bits per heavy atom. The Kier molecular flexibility index (Phi) is 3.09. The molecule has 17 heavy (non-hydrogen) atoms. The Bertz CT molecular complexity index is 436. The van der Waals surface area contributed by atoms with Crippen molar-refractivity contribution >= 4 is 17.4 Å². The predicted molar refractivity (Wildman–Crippen MR) is 63.8 cm³/mol. The molecule has 6 heteroatoms. The number of thiazole rings is 1. The van der Waals surface area contributed by atoms with Gasteiger partial charge in [0.05, 0.1) is 5.69 Å². The van der Waals surface area contributed by atoms with Crippen LogP contribution in [-0.4, -0.2) is 22.3 Å². The quantitative estimate of drug-likeness (QED) is 0.835. The zero-order valence-electron chi connectivity index (χ0n) is 9.90. The van der Waals surface area contributed by atoms with Gasteiger partial charge in [0.2, 0.25) is 0 Å². The van der Waals surface area contributed by atoms with Crippen LogP contribution in [0.15, 0.2) is 0 Å². The van der Waals surface area contributed by atoms with E-state index in [0.717, 1.165) is 23.4 Å². The molecular formula is C11H16N2O3S. The van der Waals surface area contributed by atoms with Gasteiger partial charge in [-0.25, -0.2) is 9.78 Å². The van der Waals surface area contributed by atoms with E-state index >= 15 is 0 Å². The highest BCUT2D eigenvalue weighted by atomic mass is 32.1. The minimum Gasteiger partial charge on any atom is -0.446 e. The average molecular weight is 256 g/mol. The van der Waals surface area contributed by atoms with Gasteiger partial charge in [-0.05, 0) is 26.7 Å². The molecule has 0 saturated carbocycles. The number of nitrogens with zero attached hydrogens (tertiary/aromatic N) is 1. The zero-order chi connectivity index (χ0) is 12.6. The van der Waals surface area contributed by atoms with E-state index in [4.69, 9.17) is 10.5 Å². The van der Waals surface area contributed by atoms with Gasteiger partial charge in [0.15, 0.2) is 0 Å². The minimum atomic E-state index is -0.915. The van der Waals surface area contributed by atoms with Crippen LogP contribution in [0, 0.1) is 0 Å². The molecule has 0 unspecified atom stereocenters. The van der Waals surface area contributed by atoms with E-state index in [1.165, 1.54) is 11.3 Å². The fraction of sp³-hybridized carbons (Fsp3) is 0.636. The van der Waals surface area contributed by atoms with Gasteiger partial charge in [0.25, 0.3) is 0 Å². The monoisotopic (exact) mass is 256 g/mol. The SMILES string of the molecule is CC(C)(O)c1nc2c(s1)C[C@H](OC(N)=O)CC2. The molecule has 0 fully saturated rings. The summed E-state index contributed by atoms with van der Waals surface area (Å²) in [6.45, 7) is 3.43. The predicted octanol–water partition coefficient (Wildman–Crippen LogP) is 1.32. The highest BCUT2D eigenvalue weighted by Gasteiger charge is 2.28. The average Bonchev–Trinajstić information content (AvgIpc) is 2.58. The molecule has 1 amide bonds. The van der Waals surface area contributed by atoms with Crippen LogP contribution >= 0.6 is 11.3 Å². The topological polar surface area (TPSA) is 85.4 Å². The van der Waals surface area contributed by atoms with Crippen LogP contribution in [0.1, 0.15) is 35.8 Å². The summed E-state index contributed by atoms with van der Waals surface area (Å²) < 4.78 is 5.00. The fourth-order valence-electron chi connectivity index (χ4n) is 1.87. The van der Waals surface area contributed by atoms with Crippen molar-refractivity contribution in [2.24, 2.45) is 5.73 Å². The maximum Gasteiger partial charge on any atom is 0.404 e. The number of rotatable bonds is 2. The molecule has 5 nitrogen and oxygen atoms in total. The first kappa shape index (κ1) is 12.3. The largest absolute Gasteiger partial charge is 0.446 e. The molecule has 1 heterocycles. The second-order valence-electron chi connectivity index (χ2n) is 4.75. The molecule has 1 aliphatic carbocycles. The maximum absolute atomic E-state index is 10.7. The van der Waals surface area contributed by atoms with Crippen LogP contribution in [0.5, 0.6) is 0 Å². The lowest BCUT2D eigenvalue weighted by atomic mass is 10.00. The van der Waals surface area contributed by atoms with Crippen LogP contribution in [0.25, 0.3) is 0 Å². The first-order chi connectivity index (χ1) is 7.86. The van der Waals surface area contributed by atoms with E-state index in [9.17, 15) is 9.90 Å². The summed E-state index contributed by atoms with van der Waals surface area (Å²) in [6, 6.07) is 0. The van der Waals surface area contributed by atoms with Gasteiger partial charge in [-0.2, -0.15) is 0 Å². The van der Waals surface area contributed by atoms with Gasteiger partial charge in [-0.1, -0.05) is 0 Å². The van der Waals surface area contributed by atoms with Gasteiger partial charge in [-0.3, -0.25) is 0 Å². The van der Waals surface area contributed by atoms with Crippen molar-refractivity contribution in [2.45, 2.75) is 44.8 Å². The van der Waals surface area contributed by atoms with Crippen molar-refractivity contribution in [1.29, 1.82) is 0 Å². The number of nitrogens with two attached hydrogens (primary N) is 1. The summed E-state index contributed by atoms with van der Waals surface area (Å²) in [5.41, 5.74) is 5.10. The Hall–Kier alpha value is -1.14. The molecule has 0 saturated heterocycles. The number of hydrogen-bond donors (Lipinski definition) is 2. The lowest BCUT2D eigenvalue weighted by Gasteiger charge is -2.20. The Labute approximate surface area is 104 Å². The van der Waals surface area contributed by atoms with Crippen molar-refractivity contribution < 1.29 is 14.6 Å². The molecule has 0 bridgehead atoms. The van der Waals surface area contributed by atoms with E-state index in [-0.39, 0.29) is 6.10 Å². The number of carbonyl (C=O) groups excluding carboxylic acids is 1. The van der Waals surface area contributed by atoms with Crippen LogP contribution in [-0.2, 0) is 23.2 Å². The third-order valence-corrected chi connectivity index (χ3v) is 4.13. The molecule has 0 aliphatic heterocycles. The zero-order valence-corrected chi connectivity index (χ0v) is 10.7. The summed E-state index contributed by atoms with van der Waals surface area (Å²) in [5.74, 6) is 0. The molecule has 1 atom stereocenters. The Balaban J connectivity index is 2.16. The van der Waals surface area contributed by atoms with Crippen molar-refractivity contribution in [3.63, 3.8) is 0 Å². The fourth-order valence-corrected chi connectivity index (χ4v) is 3.04. The molecule has 1 aliphatic rings. The normalized spacial score (nSPS) is 19.8. The molecule has 3 N–H and O–H groups in total. The van der Waals surface area contributed by atoms with Gasteiger partial charge in [0, 0.05) is 11.3 Å². The number of aliphatic hydroxyl groups is 1. The lowest BCUT2D eigenvalue weighted by molar-refractivity contribution is 0.0780. The van der Waals surface area contributed by atoms with Crippen LogP contribution in [0.2, 0.25) is 0 Å². The maximum atomic E-state index is 10.7. The summed E-state index contributed by atoms with van der Waals surface area (Å²) in [7, 11) is 0. The second kappa shape index (κ2) is 4.27. The molecule has 1 aromatic heterocycles. The highest BCUT2D eigenvalue weighted by Crippen LogP contribution is 2.32. The number of ether oxygens (including phenoxy) is 1. The molecule has 94 valence electrons. The number of amides is 1. The van der Waals surface area contributed by atoms with Gasteiger partial charge in [0.1, 0.15) is 16.7 Å². The number of carbonyl (C=O) groups is 1. The van der Waals surface area contributed by atoms with E-state index in [2.05, 4.69) is 4.98 Å². The molecule has 0 radical (unpaired) electrons. The van der Waals surface area contributed by atoms with Crippen molar-refractivity contribution in [2.75, 3.05) is 0 Å². The van der Waals surface area contributed by atoms with Crippen LogP contribution < -0.4 is 5.73 Å². The van der Waals surface area contributed by atoms with Crippen molar-refractivity contribution in [3.8, 4) is 0 Å². The molecule has 2 rings (SSSR count). The molecule has 0 spiro atoms. The number of primary amides is 1. The van der Waals surface area contributed by atoms with Gasteiger partial charge in [-0.15, -0.1) is 11.3 Å². The smallest absolute Gasteiger partial charge is 0.404 e. The third kappa shape index (κ3) is 2.76. The first-order valence-corrected chi connectivity index (χ1v) is 6.35. The van der Waals surface area contributed by atoms with Gasteiger partial charge < -0.3 is 15.6 Å². The van der Waals surface area contributed by atoms with Gasteiger partial charge >= 0.3 is 6.09 Å². The highest BCUT2D eigenvalue weighted by molar-refractivity contribution is 7.11. The lowest BCUT2D eigenvalue weighted by Crippen LogP contribution is -2.27. The first-order valence-electron chi connectivity index (χ1n) is 5.54. The standard InChI is InChI=1S/C11H16N2O3S/c1-11(2,15)9-13-7-4-3-6(16-10(12)14)5-8(7)17-9/h6,15H,3-5H2,1-2H3,(H2,12,14)/t6-/m1/s1. The number of aryl methyl sites for hydroxylation is 1. The Morgan fingerprint density at radius 3 is 2.94 bits per heavy atom. The summed E-state index contributed by atoms with van der Waals surface area (Å²) in [4.78, 5) is 16.2. The summed E-state index contributed by atoms with van der Waals surface area (Å²) >= 11 is 1.48. The number of aromatic nitrogens is 1. The molecule has 1 aromatic rings. The van der Waals surface area contributed by atoms with Crippen LogP contribution in [0.4, 0.5) is 4.79 Å². The number of fused-ring (bicyclic) bond motifs is 1. The van der Waals surface area contributed by atoms with Crippen LogP contribution in [0.3, 0.4) is 0 Å². The summed E-state index contributed by atoms with van der Waals surface area (Å²) in [6.07, 6.45) is 1.26. The third-order valence-electron chi connectivity index (χ3n) is 2.70. The number of hydrogen-bond acceptors (Lipinski definition) is 5. The minimum absolute atomic E-state index is 0.157. The van der Waals surface area contributed by atoms with Crippen molar-refractivity contribution in [1.82, 2.24) is 4.98 Å². The second-order valence-corrected chi connectivity index (χ2v) is 5.83. The van der Waals surface area contributed by atoms with E-state index < -0.39 is 11.7 Å². The Morgan fingerprint density at radius 1 is 1.65 bits per heavy atom. The van der Waals surface area contributed by atoms with E-state index in [1.54, 1.807) is 13.8 Å². The summed E-state index contributed by atoms with van der Waals surface area (Å²) in [5, 5.41) is 10.6. The van der Waals surface area contributed by atoms with E-state index in [0.29, 0.717) is 11.4 Å². The van der Waals surface area contributed by atoms with Crippen molar-refractivity contribution in [3.05, 3.63) is 15.6 Å². The molecular weight excluding hydrogens is 240 g/mol.